The lowest BCUT2D eigenvalue weighted by atomic mass is 10.1. The molecule has 3 aromatic rings. The summed E-state index contributed by atoms with van der Waals surface area (Å²) in [6.07, 6.45) is 0.959. The minimum absolute atomic E-state index is 0.107. The Hall–Kier alpha value is -3.13. The molecule has 0 atom stereocenters. The van der Waals surface area contributed by atoms with Crippen molar-refractivity contribution in [3.05, 3.63) is 65.0 Å². The Morgan fingerprint density at radius 3 is 2.41 bits per heavy atom. The van der Waals surface area contributed by atoms with Gasteiger partial charge in [-0.15, -0.1) is 10.2 Å². The van der Waals surface area contributed by atoms with Crippen LogP contribution in [0, 0.1) is 13.8 Å². The summed E-state index contributed by atoms with van der Waals surface area (Å²) in [6, 6.07) is 13.6. The van der Waals surface area contributed by atoms with Crippen LogP contribution in [0.4, 0.5) is 11.4 Å². The largest absolute Gasteiger partial charge is 0.325 e. The van der Waals surface area contributed by atoms with Crippen LogP contribution in [0.15, 0.2) is 47.6 Å². The fourth-order valence-electron chi connectivity index (χ4n) is 3.37. The number of anilines is 2. The number of aromatic nitrogens is 3. The van der Waals surface area contributed by atoms with Gasteiger partial charge in [-0.05, 0) is 56.0 Å². The van der Waals surface area contributed by atoms with Crippen molar-refractivity contribution in [3.8, 4) is 0 Å². The minimum Gasteiger partial charge on any atom is -0.325 e. The summed E-state index contributed by atoms with van der Waals surface area (Å²) in [5.74, 6) is 0.542. The molecule has 0 aliphatic carbocycles. The zero-order valence-electron chi connectivity index (χ0n) is 18.9. The van der Waals surface area contributed by atoms with Crippen LogP contribution >= 0.6 is 11.8 Å². The summed E-state index contributed by atoms with van der Waals surface area (Å²) in [6.45, 7) is 8.64. The molecule has 0 fully saturated rings. The van der Waals surface area contributed by atoms with Gasteiger partial charge in [0.15, 0.2) is 5.16 Å². The predicted molar refractivity (Wildman–Crippen MR) is 129 cm³/mol. The van der Waals surface area contributed by atoms with Crippen LogP contribution in [0.3, 0.4) is 0 Å². The van der Waals surface area contributed by atoms with E-state index in [4.69, 9.17) is 0 Å². The number of nitrogens with zero attached hydrogens (tertiary/aromatic N) is 3. The topological polar surface area (TPSA) is 88.9 Å². The molecule has 0 unspecified atom stereocenters. The van der Waals surface area contributed by atoms with Crippen molar-refractivity contribution in [2.75, 3.05) is 16.4 Å². The number of benzene rings is 2. The first kappa shape index (κ1) is 23.5. The van der Waals surface area contributed by atoms with Crippen molar-refractivity contribution in [1.29, 1.82) is 0 Å². The highest BCUT2D eigenvalue weighted by atomic mass is 32.2. The van der Waals surface area contributed by atoms with Gasteiger partial charge in [0.1, 0.15) is 5.82 Å². The summed E-state index contributed by atoms with van der Waals surface area (Å²) in [4.78, 5) is 25.0. The molecule has 0 saturated heterocycles. The lowest BCUT2D eigenvalue weighted by molar-refractivity contribution is -0.116. The first-order chi connectivity index (χ1) is 15.4. The van der Waals surface area contributed by atoms with E-state index in [0.29, 0.717) is 17.5 Å². The van der Waals surface area contributed by atoms with E-state index in [-0.39, 0.29) is 24.0 Å². The third-order valence-electron chi connectivity index (χ3n) is 5.31. The number of hydrogen-bond donors (Lipinski definition) is 2. The Labute approximate surface area is 193 Å². The van der Waals surface area contributed by atoms with Crippen LogP contribution in [0.5, 0.6) is 0 Å². The van der Waals surface area contributed by atoms with Gasteiger partial charge >= 0.3 is 0 Å². The van der Waals surface area contributed by atoms with Gasteiger partial charge in [-0.2, -0.15) is 0 Å². The number of rotatable bonds is 9. The molecule has 2 N–H and O–H groups in total. The summed E-state index contributed by atoms with van der Waals surface area (Å²) in [5.41, 5.74) is 4.91. The molecule has 1 heterocycles. The van der Waals surface area contributed by atoms with Crippen LogP contribution in [-0.4, -0.2) is 32.3 Å². The molecule has 0 saturated carbocycles. The maximum atomic E-state index is 12.6. The van der Waals surface area contributed by atoms with Crippen LogP contribution in [0.25, 0.3) is 0 Å². The second kappa shape index (κ2) is 10.9. The standard InChI is InChI=1S/C24H29N5O2S/c1-5-18-11-7-8-12-20(18)26-22(30)14-21-27-28-24(29(21)6-2)32-15-23(31)25-19-13-9-10-16(3)17(19)4/h7-13H,5-6,14-15H2,1-4H3,(H,25,31)(H,26,30). The number of carbonyl (C=O) groups is 2. The van der Waals surface area contributed by atoms with Crippen molar-refractivity contribution < 1.29 is 9.59 Å². The van der Waals surface area contributed by atoms with Gasteiger partial charge in [-0.25, -0.2) is 0 Å². The first-order valence-corrected chi connectivity index (χ1v) is 11.7. The molecule has 0 radical (unpaired) electrons. The third kappa shape index (κ3) is 5.76. The summed E-state index contributed by atoms with van der Waals surface area (Å²) in [5, 5.41) is 15.0. The van der Waals surface area contributed by atoms with E-state index in [1.54, 1.807) is 0 Å². The Bertz CT molecular complexity index is 1110. The van der Waals surface area contributed by atoms with E-state index in [9.17, 15) is 9.59 Å². The molecule has 1 aromatic heterocycles. The number of carbonyl (C=O) groups excluding carboxylic acids is 2. The highest BCUT2D eigenvalue weighted by molar-refractivity contribution is 7.99. The molecule has 2 aromatic carbocycles. The average Bonchev–Trinajstić information content (AvgIpc) is 3.17. The van der Waals surface area contributed by atoms with Crippen LogP contribution in [-0.2, 0) is 29.0 Å². The average molecular weight is 452 g/mol. The van der Waals surface area contributed by atoms with E-state index in [2.05, 4.69) is 27.8 Å². The lowest BCUT2D eigenvalue weighted by Gasteiger charge is -2.11. The fourth-order valence-corrected chi connectivity index (χ4v) is 4.19. The number of para-hydroxylation sites is 1. The van der Waals surface area contributed by atoms with Gasteiger partial charge in [0.2, 0.25) is 11.8 Å². The predicted octanol–water partition coefficient (Wildman–Crippen LogP) is 4.39. The molecule has 0 aliphatic rings. The summed E-state index contributed by atoms with van der Waals surface area (Å²) in [7, 11) is 0. The lowest BCUT2D eigenvalue weighted by Crippen LogP contribution is -2.19. The van der Waals surface area contributed by atoms with Crippen LogP contribution in [0.2, 0.25) is 0 Å². The number of nitrogens with one attached hydrogen (secondary N) is 2. The Kier molecular flexibility index (Phi) is 8.05. The smallest absolute Gasteiger partial charge is 0.234 e. The van der Waals surface area contributed by atoms with Crippen molar-refractivity contribution in [3.63, 3.8) is 0 Å². The highest BCUT2D eigenvalue weighted by Crippen LogP contribution is 2.21. The van der Waals surface area contributed by atoms with Gasteiger partial charge in [-0.3, -0.25) is 9.59 Å². The van der Waals surface area contributed by atoms with Gasteiger partial charge in [0.05, 0.1) is 12.2 Å². The molecule has 168 valence electrons. The van der Waals surface area contributed by atoms with Gasteiger partial charge in [-0.1, -0.05) is 49.0 Å². The molecule has 3 rings (SSSR count). The zero-order valence-corrected chi connectivity index (χ0v) is 19.8. The number of aryl methyl sites for hydroxylation is 2. The van der Waals surface area contributed by atoms with Gasteiger partial charge < -0.3 is 15.2 Å². The molecular formula is C24H29N5O2S. The maximum absolute atomic E-state index is 12.6. The monoisotopic (exact) mass is 451 g/mol. The molecule has 8 heteroatoms. The third-order valence-corrected chi connectivity index (χ3v) is 6.28. The van der Waals surface area contributed by atoms with E-state index in [1.807, 2.05) is 67.8 Å². The second-order valence-electron chi connectivity index (χ2n) is 7.46. The van der Waals surface area contributed by atoms with Crippen molar-refractivity contribution in [2.24, 2.45) is 0 Å². The van der Waals surface area contributed by atoms with E-state index in [0.717, 1.165) is 34.5 Å². The maximum Gasteiger partial charge on any atom is 0.234 e. The Balaban J connectivity index is 1.61. The van der Waals surface area contributed by atoms with E-state index >= 15 is 0 Å². The molecule has 32 heavy (non-hydrogen) atoms. The minimum atomic E-state index is -0.141. The van der Waals surface area contributed by atoms with E-state index in [1.165, 1.54) is 11.8 Å². The van der Waals surface area contributed by atoms with Crippen molar-refractivity contribution in [2.45, 2.75) is 52.2 Å². The molecule has 0 aliphatic heterocycles. The van der Waals surface area contributed by atoms with Crippen molar-refractivity contribution >= 4 is 35.0 Å². The van der Waals surface area contributed by atoms with Gasteiger partial charge in [0, 0.05) is 17.9 Å². The highest BCUT2D eigenvalue weighted by Gasteiger charge is 2.17. The molecule has 2 amide bonds. The number of amides is 2. The summed E-state index contributed by atoms with van der Waals surface area (Å²) < 4.78 is 1.88. The fraction of sp³-hybridized carbons (Fsp3) is 0.333. The van der Waals surface area contributed by atoms with E-state index < -0.39 is 0 Å². The number of thioether (sulfide) groups is 1. The van der Waals surface area contributed by atoms with Gasteiger partial charge in [0.25, 0.3) is 0 Å². The molecular weight excluding hydrogens is 422 g/mol. The van der Waals surface area contributed by atoms with Crippen LogP contribution in [0.1, 0.15) is 36.4 Å². The quantitative estimate of drug-likeness (QED) is 0.471. The first-order valence-electron chi connectivity index (χ1n) is 10.7. The molecule has 0 spiro atoms. The van der Waals surface area contributed by atoms with Crippen LogP contribution < -0.4 is 10.6 Å². The number of hydrogen-bond acceptors (Lipinski definition) is 5. The SMILES string of the molecule is CCc1ccccc1NC(=O)Cc1nnc(SCC(=O)Nc2cccc(C)c2C)n1CC. The Morgan fingerprint density at radius 2 is 1.66 bits per heavy atom. The summed E-state index contributed by atoms with van der Waals surface area (Å²) >= 11 is 1.31. The molecule has 0 bridgehead atoms. The second-order valence-corrected chi connectivity index (χ2v) is 8.41. The molecule has 7 nitrogen and oxygen atoms in total. The Morgan fingerprint density at radius 1 is 0.938 bits per heavy atom. The zero-order chi connectivity index (χ0) is 23.1. The van der Waals surface area contributed by atoms with Crippen molar-refractivity contribution in [1.82, 2.24) is 14.8 Å². The normalized spacial score (nSPS) is 10.8.